The molecule has 0 aliphatic heterocycles. The van der Waals surface area contributed by atoms with Crippen LogP contribution in [-0.2, 0) is 16.4 Å². The Morgan fingerprint density at radius 3 is 2.62 bits per heavy atom. The number of nitrogens with one attached hydrogen (secondary N) is 1. The number of anilines is 1. The number of sulfonamides is 1. The third-order valence-electron chi connectivity index (χ3n) is 3.01. The van der Waals surface area contributed by atoms with Gasteiger partial charge in [-0.25, -0.2) is 8.42 Å². The standard InChI is InChI=1S/C14H16N2O2S3/c1-3-10-7-8-12(20-10)21(17,18)16-11-6-4-5-9(2)13(11)14(15)19/h4-8,16H,3H2,1-2H3,(H2,15,19). The van der Waals surface area contributed by atoms with Crippen molar-refractivity contribution in [3.63, 3.8) is 0 Å². The lowest BCUT2D eigenvalue weighted by Crippen LogP contribution is -2.18. The van der Waals surface area contributed by atoms with E-state index < -0.39 is 10.0 Å². The zero-order chi connectivity index (χ0) is 15.6. The van der Waals surface area contributed by atoms with Crippen molar-refractivity contribution in [1.29, 1.82) is 0 Å². The normalized spacial score (nSPS) is 11.3. The number of thiocarbonyl (C=S) groups is 1. The predicted octanol–water partition coefficient (Wildman–Crippen LogP) is 3.05. The quantitative estimate of drug-likeness (QED) is 0.821. The summed E-state index contributed by atoms with van der Waals surface area (Å²) in [5.74, 6) is 0. The minimum Gasteiger partial charge on any atom is -0.389 e. The van der Waals surface area contributed by atoms with E-state index in [-0.39, 0.29) is 9.20 Å². The molecule has 1 aromatic heterocycles. The Kier molecular flexibility index (Phi) is 4.65. The summed E-state index contributed by atoms with van der Waals surface area (Å²) in [4.78, 5) is 1.19. The molecule has 112 valence electrons. The molecule has 0 amide bonds. The molecule has 0 fully saturated rings. The lowest BCUT2D eigenvalue weighted by Gasteiger charge is -2.13. The SMILES string of the molecule is CCc1ccc(S(=O)(=O)Nc2cccc(C)c2C(N)=S)s1. The van der Waals surface area contributed by atoms with E-state index in [1.165, 1.54) is 11.3 Å². The number of hydrogen-bond acceptors (Lipinski definition) is 4. The Morgan fingerprint density at radius 2 is 2.05 bits per heavy atom. The molecule has 2 rings (SSSR count). The van der Waals surface area contributed by atoms with Gasteiger partial charge in [-0.2, -0.15) is 0 Å². The van der Waals surface area contributed by atoms with Crippen LogP contribution >= 0.6 is 23.6 Å². The summed E-state index contributed by atoms with van der Waals surface area (Å²) in [5, 5.41) is 0. The van der Waals surface area contributed by atoms with Gasteiger partial charge in [0.25, 0.3) is 10.0 Å². The number of aryl methyl sites for hydroxylation is 2. The Labute approximate surface area is 134 Å². The van der Waals surface area contributed by atoms with Gasteiger partial charge in [0.15, 0.2) is 0 Å². The zero-order valence-electron chi connectivity index (χ0n) is 11.7. The molecule has 0 atom stereocenters. The van der Waals surface area contributed by atoms with Crippen molar-refractivity contribution in [2.45, 2.75) is 24.5 Å². The van der Waals surface area contributed by atoms with Crippen LogP contribution < -0.4 is 10.5 Å². The van der Waals surface area contributed by atoms with Gasteiger partial charge in [0.2, 0.25) is 0 Å². The van der Waals surface area contributed by atoms with Crippen LogP contribution in [0.25, 0.3) is 0 Å². The van der Waals surface area contributed by atoms with Crippen molar-refractivity contribution in [3.8, 4) is 0 Å². The highest BCUT2D eigenvalue weighted by Crippen LogP contribution is 2.27. The molecular weight excluding hydrogens is 324 g/mol. The molecule has 2 aromatic rings. The van der Waals surface area contributed by atoms with Crippen LogP contribution in [0.4, 0.5) is 5.69 Å². The van der Waals surface area contributed by atoms with E-state index in [1.54, 1.807) is 18.2 Å². The van der Waals surface area contributed by atoms with E-state index >= 15 is 0 Å². The number of rotatable bonds is 5. The highest BCUT2D eigenvalue weighted by atomic mass is 32.2. The average molecular weight is 340 g/mol. The van der Waals surface area contributed by atoms with Crippen molar-refractivity contribution in [3.05, 3.63) is 46.3 Å². The molecule has 0 radical (unpaired) electrons. The number of thiophene rings is 1. The third kappa shape index (κ3) is 3.42. The lowest BCUT2D eigenvalue weighted by atomic mass is 10.1. The third-order valence-corrected chi connectivity index (χ3v) is 6.30. The van der Waals surface area contributed by atoms with Gasteiger partial charge >= 0.3 is 0 Å². The van der Waals surface area contributed by atoms with Gasteiger partial charge in [0.1, 0.15) is 9.20 Å². The van der Waals surface area contributed by atoms with Crippen LogP contribution in [0.2, 0.25) is 0 Å². The van der Waals surface area contributed by atoms with Crippen LogP contribution in [0, 0.1) is 6.92 Å². The van der Waals surface area contributed by atoms with E-state index in [2.05, 4.69) is 4.72 Å². The van der Waals surface area contributed by atoms with E-state index in [9.17, 15) is 8.42 Å². The number of hydrogen-bond donors (Lipinski definition) is 2. The van der Waals surface area contributed by atoms with Crippen molar-refractivity contribution in [1.82, 2.24) is 0 Å². The number of nitrogens with two attached hydrogens (primary N) is 1. The Balaban J connectivity index is 2.42. The number of benzene rings is 1. The van der Waals surface area contributed by atoms with Crippen LogP contribution in [0.3, 0.4) is 0 Å². The maximum atomic E-state index is 12.4. The molecule has 0 bridgehead atoms. The summed E-state index contributed by atoms with van der Waals surface area (Å²) >= 11 is 6.27. The zero-order valence-corrected chi connectivity index (χ0v) is 14.2. The summed E-state index contributed by atoms with van der Waals surface area (Å²) < 4.78 is 27.7. The second kappa shape index (κ2) is 6.13. The average Bonchev–Trinajstić information content (AvgIpc) is 2.87. The van der Waals surface area contributed by atoms with Gasteiger partial charge in [0, 0.05) is 10.4 Å². The van der Waals surface area contributed by atoms with Gasteiger partial charge in [-0.05, 0) is 37.1 Å². The van der Waals surface area contributed by atoms with Crippen molar-refractivity contribution in [2.75, 3.05) is 4.72 Å². The molecule has 0 aliphatic rings. The van der Waals surface area contributed by atoms with Crippen molar-refractivity contribution in [2.24, 2.45) is 5.73 Å². The van der Waals surface area contributed by atoms with E-state index in [0.717, 1.165) is 16.9 Å². The molecule has 21 heavy (non-hydrogen) atoms. The highest BCUT2D eigenvalue weighted by molar-refractivity contribution is 7.94. The molecule has 3 N–H and O–H groups in total. The molecule has 1 heterocycles. The summed E-state index contributed by atoms with van der Waals surface area (Å²) in [6, 6.07) is 8.70. The van der Waals surface area contributed by atoms with Crippen molar-refractivity contribution >= 4 is 44.3 Å². The lowest BCUT2D eigenvalue weighted by molar-refractivity contribution is 0.603. The van der Waals surface area contributed by atoms with Crippen LogP contribution in [-0.4, -0.2) is 13.4 Å². The summed E-state index contributed by atoms with van der Waals surface area (Å²) in [6.45, 7) is 3.83. The van der Waals surface area contributed by atoms with Crippen LogP contribution in [0.15, 0.2) is 34.5 Å². The fraction of sp³-hybridized carbons (Fsp3) is 0.214. The van der Waals surface area contributed by atoms with Gasteiger partial charge in [-0.1, -0.05) is 31.3 Å². The van der Waals surface area contributed by atoms with E-state index in [4.69, 9.17) is 18.0 Å². The second-order valence-electron chi connectivity index (χ2n) is 4.54. The van der Waals surface area contributed by atoms with E-state index in [1.807, 2.05) is 26.0 Å². The van der Waals surface area contributed by atoms with Crippen molar-refractivity contribution < 1.29 is 8.42 Å². The molecule has 4 nitrogen and oxygen atoms in total. The predicted molar refractivity (Wildman–Crippen MR) is 91.6 cm³/mol. The van der Waals surface area contributed by atoms with Gasteiger partial charge in [0.05, 0.1) is 5.69 Å². The van der Waals surface area contributed by atoms with Gasteiger partial charge in [-0.3, -0.25) is 4.72 Å². The van der Waals surface area contributed by atoms with Crippen LogP contribution in [0.5, 0.6) is 0 Å². The monoisotopic (exact) mass is 340 g/mol. The smallest absolute Gasteiger partial charge is 0.271 e. The van der Waals surface area contributed by atoms with E-state index in [0.29, 0.717) is 11.3 Å². The Hall–Kier alpha value is -1.44. The Bertz CT molecular complexity index is 779. The summed E-state index contributed by atoms with van der Waals surface area (Å²) in [6.07, 6.45) is 0.808. The molecule has 0 saturated heterocycles. The highest BCUT2D eigenvalue weighted by Gasteiger charge is 2.19. The fourth-order valence-electron chi connectivity index (χ4n) is 1.97. The molecule has 0 unspecified atom stereocenters. The topological polar surface area (TPSA) is 72.2 Å². The van der Waals surface area contributed by atoms with Gasteiger partial charge in [-0.15, -0.1) is 11.3 Å². The summed E-state index contributed by atoms with van der Waals surface area (Å²) in [5.41, 5.74) is 7.50. The molecular formula is C14H16N2O2S3. The van der Waals surface area contributed by atoms with Crippen LogP contribution in [0.1, 0.15) is 22.9 Å². The molecule has 0 saturated carbocycles. The van der Waals surface area contributed by atoms with Gasteiger partial charge < -0.3 is 5.73 Å². The second-order valence-corrected chi connectivity index (χ2v) is 8.06. The Morgan fingerprint density at radius 1 is 1.33 bits per heavy atom. The first kappa shape index (κ1) is 15.9. The first-order valence-electron chi connectivity index (χ1n) is 6.36. The maximum Gasteiger partial charge on any atom is 0.271 e. The summed E-state index contributed by atoms with van der Waals surface area (Å²) in [7, 11) is -3.62. The first-order chi connectivity index (χ1) is 9.85. The minimum absolute atomic E-state index is 0.172. The first-order valence-corrected chi connectivity index (χ1v) is 9.07. The largest absolute Gasteiger partial charge is 0.389 e. The molecule has 7 heteroatoms. The maximum absolute atomic E-state index is 12.4. The molecule has 0 aliphatic carbocycles. The molecule has 1 aromatic carbocycles. The fourth-order valence-corrected chi connectivity index (χ4v) is 4.61. The molecule has 0 spiro atoms. The minimum atomic E-state index is -3.62.